The maximum atomic E-state index is 11.5. The van der Waals surface area contributed by atoms with Crippen LogP contribution in [0, 0.1) is 0 Å². The first kappa shape index (κ1) is 9.35. The Hall–Kier alpha value is -1.88. The van der Waals surface area contributed by atoms with Gasteiger partial charge < -0.3 is 9.47 Å². The van der Waals surface area contributed by atoms with E-state index in [1.165, 1.54) is 0 Å². The molecule has 1 atom stereocenters. The van der Waals surface area contributed by atoms with Gasteiger partial charge in [-0.1, -0.05) is 0 Å². The molecule has 16 heavy (non-hydrogen) atoms. The first-order valence-electron chi connectivity index (χ1n) is 5.05. The molecule has 1 aliphatic rings. The van der Waals surface area contributed by atoms with Crippen LogP contribution in [0.5, 0.6) is 5.75 Å². The minimum absolute atomic E-state index is 0.203. The number of benzene rings is 1. The number of fused-ring (bicyclic) bond motifs is 1. The van der Waals surface area contributed by atoms with Gasteiger partial charge in [-0.25, -0.2) is 5.10 Å². The second-order valence-electron chi connectivity index (χ2n) is 3.71. The lowest BCUT2D eigenvalue weighted by Crippen LogP contribution is -2.08. The molecule has 3 rings (SSSR count). The smallest absolute Gasteiger partial charge is 0.272 e. The maximum Gasteiger partial charge on any atom is 0.272 e. The van der Waals surface area contributed by atoms with Crippen molar-refractivity contribution in [3.63, 3.8) is 0 Å². The third-order valence-electron chi connectivity index (χ3n) is 2.48. The molecule has 0 amide bonds. The van der Waals surface area contributed by atoms with E-state index in [2.05, 4.69) is 10.2 Å². The van der Waals surface area contributed by atoms with Crippen molar-refractivity contribution in [1.82, 2.24) is 10.2 Å². The fourth-order valence-electron chi connectivity index (χ4n) is 1.51. The van der Waals surface area contributed by atoms with Crippen LogP contribution in [0.4, 0.5) is 0 Å². The fourth-order valence-corrected chi connectivity index (χ4v) is 1.51. The van der Waals surface area contributed by atoms with Crippen LogP contribution in [0.1, 0.15) is 0 Å². The average Bonchev–Trinajstić information content (AvgIpc) is 3.11. The van der Waals surface area contributed by atoms with Gasteiger partial charge in [0.2, 0.25) is 0 Å². The van der Waals surface area contributed by atoms with Crippen LogP contribution in [0.15, 0.2) is 29.2 Å². The van der Waals surface area contributed by atoms with Gasteiger partial charge in [-0.05, 0) is 18.2 Å². The molecule has 0 bridgehead atoms. The normalized spacial score (nSPS) is 18.6. The topological polar surface area (TPSA) is 67.5 Å². The van der Waals surface area contributed by atoms with E-state index in [4.69, 9.17) is 9.47 Å². The van der Waals surface area contributed by atoms with Crippen molar-refractivity contribution < 1.29 is 9.47 Å². The van der Waals surface area contributed by atoms with Crippen LogP contribution in [0.3, 0.4) is 0 Å². The molecular formula is C11H10N2O3. The molecule has 1 aromatic heterocycles. The van der Waals surface area contributed by atoms with Crippen molar-refractivity contribution >= 4 is 10.8 Å². The van der Waals surface area contributed by atoms with Crippen LogP contribution in [-0.2, 0) is 4.74 Å². The SMILES string of the molecule is O=c1[nH]ncc2ccc(OCC3CO3)cc12. The van der Waals surface area contributed by atoms with Gasteiger partial charge in [0.15, 0.2) is 0 Å². The maximum absolute atomic E-state index is 11.5. The highest BCUT2D eigenvalue weighted by atomic mass is 16.6. The number of nitrogens with zero attached hydrogens (tertiary/aromatic N) is 1. The van der Waals surface area contributed by atoms with Crippen molar-refractivity contribution in [3.05, 3.63) is 34.7 Å². The van der Waals surface area contributed by atoms with Crippen molar-refractivity contribution in [2.24, 2.45) is 0 Å². The van der Waals surface area contributed by atoms with Gasteiger partial charge in [-0.3, -0.25) is 4.79 Å². The predicted molar refractivity (Wildman–Crippen MR) is 57.6 cm³/mol. The highest BCUT2D eigenvalue weighted by Gasteiger charge is 2.23. The number of epoxide rings is 1. The van der Waals surface area contributed by atoms with Gasteiger partial charge in [-0.15, -0.1) is 0 Å². The number of aromatic nitrogens is 2. The Morgan fingerprint density at radius 3 is 3.25 bits per heavy atom. The number of hydrogen-bond acceptors (Lipinski definition) is 4. The Balaban J connectivity index is 1.94. The molecule has 2 aromatic rings. The second kappa shape index (κ2) is 3.61. The molecule has 0 radical (unpaired) electrons. The summed E-state index contributed by atoms with van der Waals surface area (Å²) in [7, 11) is 0. The monoisotopic (exact) mass is 218 g/mol. The van der Waals surface area contributed by atoms with E-state index in [1.54, 1.807) is 12.3 Å². The molecule has 5 nitrogen and oxygen atoms in total. The van der Waals surface area contributed by atoms with Crippen LogP contribution < -0.4 is 10.3 Å². The summed E-state index contributed by atoms with van der Waals surface area (Å²) in [4.78, 5) is 11.5. The first-order chi connectivity index (χ1) is 7.83. The fraction of sp³-hybridized carbons (Fsp3) is 0.273. The summed E-state index contributed by atoms with van der Waals surface area (Å²) < 4.78 is 10.5. The zero-order valence-electron chi connectivity index (χ0n) is 8.47. The summed E-state index contributed by atoms with van der Waals surface area (Å²) in [6, 6.07) is 5.37. The Kier molecular flexibility index (Phi) is 2.11. The lowest BCUT2D eigenvalue weighted by Gasteiger charge is -2.04. The van der Waals surface area contributed by atoms with E-state index in [0.29, 0.717) is 17.7 Å². The van der Waals surface area contributed by atoms with E-state index in [-0.39, 0.29) is 11.7 Å². The van der Waals surface area contributed by atoms with Crippen molar-refractivity contribution in [1.29, 1.82) is 0 Å². The van der Waals surface area contributed by atoms with Gasteiger partial charge in [0, 0.05) is 5.39 Å². The molecule has 0 saturated carbocycles. The second-order valence-corrected chi connectivity index (χ2v) is 3.71. The zero-order valence-corrected chi connectivity index (χ0v) is 8.47. The van der Waals surface area contributed by atoms with Crippen LogP contribution in [0.25, 0.3) is 10.8 Å². The molecule has 82 valence electrons. The lowest BCUT2D eigenvalue weighted by molar-refractivity contribution is 0.263. The van der Waals surface area contributed by atoms with Crippen LogP contribution in [-0.4, -0.2) is 29.5 Å². The Bertz CT molecular complexity index is 575. The highest BCUT2D eigenvalue weighted by Crippen LogP contribution is 2.18. The van der Waals surface area contributed by atoms with Crippen molar-refractivity contribution in [3.8, 4) is 5.75 Å². The summed E-state index contributed by atoms with van der Waals surface area (Å²) in [5.74, 6) is 0.680. The largest absolute Gasteiger partial charge is 0.491 e. The minimum atomic E-state index is -0.203. The quantitative estimate of drug-likeness (QED) is 0.770. The van der Waals surface area contributed by atoms with Gasteiger partial charge in [-0.2, -0.15) is 5.10 Å². The van der Waals surface area contributed by atoms with E-state index in [1.807, 2.05) is 12.1 Å². The number of ether oxygens (including phenoxy) is 2. The van der Waals surface area contributed by atoms with E-state index in [0.717, 1.165) is 12.0 Å². The molecule has 1 N–H and O–H groups in total. The number of aromatic amines is 1. The summed E-state index contributed by atoms with van der Waals surface area (Å²) in [5.41, 5.74) is -0.203. The molecule has 1 saturated heterocycles. The molecule has 1 aliphatic heterocycles. The van der Waals surface area contributed by atoms with Gasteiger partial charge >= 0.3 is 0 Å². The van der Waals surface area contributed by atoms with E-state index in [9.17, 15) is 4.79 Å². The Morgan fingerprint density at radius 1 is 1.56 bits per heavy atom. The third kappa shape index (κ3) is 1.77. The lowest BCUT2D eigenvalue weighted by atomic mass is 10.2. The molecule has 2 heterocycles. The van der Waals surface area contributed by atoms with Gasteiger partial charge in [0.25, 0.3) is 5.56 Å². The average molecular weight is 218 g/mol. The number of rotatable bonds is 3. The molecule has 0 aliphatic carbocycles. The van der Waals surface area contributed by atoms with E-state index >= 15 is 0 Å². The third-order valence-corrected chi connectivity index (χ3v) is 2.48. The molecule has 1 fully saturated rings. The zero-order chi connectivity index (χ0) is 11.0. The van der Waals surface area contributed by atoms with Gasteiger partial charge in [0.1, 0.15) is 18.5 Å². The Morgan fingerprint density at radius 2 is 2.44 bits per heavy atom. The number of H-pyrrole nitrogens is 1. The molecule has 0 spiro atoms. The molecule has 1 aromatic carbocycles. The van der Waals surface area contributed by atoms with Gasteiger partial charge in [0.05, 0.1) is 18.2 Å². The number of nitrogens with one attached hydrogen (secondary N) is 1. The van der Waals surface area contributed by atoms with Crippen LogP contribution >= 0.6 is 0 Å². The summed E-state index contributed by atoms with van der Waals surface area (Å²) in [6.45, 7) is 1.30. The van der Waals surface area contributed by atoms with Crippen molar-refractivity contribution in [2.75, 3.05) is 13.2 Å². The first-order valence-corrected chi connectivity index (χ1v) is 5.05. The summed E-state index contributed by atoms with van der Waals surface area (Å²) in [6.07, 6.45) is 1.83. The molecule has 5 heteroatoms. The summed E-state index contributed by atoms with van der Waals surface area (Å²) >= 11 is 0. The minimum Gasteiger partial charge on any atom is -0.491 e. The molecular weight excluding hydrogens is 208 g/mol. The molecule has 1 unspecified atom stereocenters. The predicted octanol–water partition coefficient (Wildman–Crippen LogP) is 0.701. The Labute approximate surface area is 91.0 Å². The van der Waals surface area contributed by atoms with E-state index < -0.39 is 0 Å². The summed E-state index contributed by atoms with van der Waals surface area (Å²) in [5, 5.41) is 7.51. The van der Waals surface area contributed by atoms with Crippen LogP contribution in [0.2, 0.25) is 0 Å². The number of hydrogen-bond donors (Lipinski definition) is 1. The highest BCUT2D eigenvalue weighted by molar-refractivity contribution is 5.81. The van der Waals surface area contributed by atoms with Crippen molar-refractivity contribution in [2.45, 2.75) is 6.10 Å². The standard InChI is InChI=1S/C11H10N2O3/c14-11-10-3-8(15-5-9-6-16-9)2-1-7(10)4-12-13-11/h1-4,9H,5-6H2,(H,13,14).